The van der Waals surface area contributed by atoms with Crippen molar-refractivity contribution in [2.75, 3.05) is 0 Å². The molecule has 0 fully saturated rings. The van der Waals surface area contributed by atoms with Crippen LogP contribution in [0.2, 0.25) is 0 Å². The summed E-state index contributed by atoms with van der Waals surface area (Å²) < 4.78 is 23.1. The van der Waals surface area contributed by atoms with Crippen LogP contribution in [0.25, 0.3) is 0 Å². The predicted molar refractivity (Wildman–Crippen MR) is 179 cm³/mol. The maximum absolute atomic E-state index is 13.0. The summed E-state index contributed by atoms with van der Waals surface area (Å²) in [5.74, 6) is 1.48. The van der Waals surface area contributed by atoms with Gasteiger partial charge in [-0.15, -0.1) is 0 Å². The Morgan fingerprint density at radius 3 is 0.979 bits per heavy atom. The molecule has 248 valence electrons. The van der Waals surface area contributed by atoms with Crippen molar-refractivity contribution in [2.45, 2.75) is 79.8 Å². The number of hydrogen-bond donors (Lipinski definition) is 0. The molecule has 4 rings (SSSR count). The molecule has 0 N–H and O–H groups in total. The van der Waals surface area contributed by atoms with Gasteiger partial charge in [0.25, 0.3) is 0 Å². The summed E-state index contributed by atoms with van der Waals surface area (Å²) in [4.78, 5) is 52.0. The van der Waals surface area contributed by atoms with E-state index in [1.807, 2.05) is 55.4 Å². The zero-order valence-electron chi connectivity index (χ0n) is 28.3. The van der Waals surface area contributed by atoms with Crippen LogP contribution in [-0.2, 0) is 0 Å². The van der Waals surface area contributed by atoms with Gasteiger partial charge in [-0.2, -0.15) is 0 Å². The molecule has 0 aromatic heterocycles. The van der Waals surface area contributed by atoms with E-state index in [1.165, 1.54) is 0 Å². The number of ether oxygens (including phenoxy) is 4. The first-order valence-electron chi connectivity index (χ1n) is 15.5. The van der Waals surface area contributed by atoms with Crippen LogP contribution in [0, 0.1) is 41.7 Å². The van der Waals surface area contributed by atoms with Gasteiger partial charge >= 0.3 is 41.7 Å². The Bertz CT molecular complexity index is 1400. The van der Waals surface area contributed by atoms with Crippen molar-refractivity contribution >= 4 is 37.9 Å². The van der Waals surface area contributed by atoms with Crippen LogP contribution in [0.3, 0.4) is 0 Å². The van der Waals surface area contributed by atoms with E-state index in [0.717, 1.165) is 0 Å². The van der Waals surface area contributed by atoms with Crippen LogP contribution >= 0.6 is 0 Å². The average Bonchev–Trinajstić information content (AvgIpc) is 2.99. The molecular weight excluding hydrogens is 757 g/mol. The second-order valence-electron chi connectivity index (χ2n) is 11.9. The standard InChI is InChI=1S/2C18H22O4Si.Ce/c2*1-13(2)21-16-11-8-12-17(18(16)22-14(3)4)23(19,20)15-9-6-5-7-10-15;/h2*5-14H,1-4H3;/q2*-2;+4. The largest absolute Gasteiger partial charge is 4.00 e. The van der Waals surface area contributed by atoms with E-state index >= 15 is 0 Å². The summed E-state index contributed by atoms with van der Waals surface area (Å²) in [5.41, 5.74) is 0. The molecular formula is C36H44CeO8Si2. The number of rotatable bonds is 12. The van der Waals surface area contributed by atoms with Crippen molar-refractivity contribution in [1.29, 1.82) is 0 Å². The Hall–Kier alpha value is -2.27. The number of para-hydroxylation sites is 2. The van der Waals surface area contributed by atoms with Gasteiger partial charge in [-0.1, -0.05) is 112 Å². The molecule has 0 bridgehead atoms. The van der Waals surface area contributed by atoms with Crippen molar-refractivity contribution in [2.24, 2.45) is 0 Å². The summed E-state index contributed by atoms with van der Waals surface area (Å²) in [6.07, 6.45) is -0.478. The molecule has 0 saturated carbocycles. The molecule has 0 aliphatic carbocycles. The molecule has 0 atom stereocenters. The molecule has 47 heavy (non-hydrogen) atoms. The molecule has 8 nitrogen and oxygen atoms in total. The minimum atomic E-state index is -4.35. The summed E-state index contributed by atoms with van der Waals surface area (Å²) >= 11 is 0. The fourth-order valence-corrected chi connectivity index (χ4v) is 8.06. The molecule has 4 aromatic carbocycles. The van der Waals surface area contributed by atoms with E-state index in [-0.39, 0.29) is 98.4 Å². The third kappa shape index (κ3) is 11.4. The van der Waals surface area contributed by atoms with E-state index < -0.39 is 17.1 Å². The second-order valence-corrected chi connectivity index (χ2v) is 16.6. The number of hydrogen-bond acceptors (Lipinski definition) is 8. The Balaban J connectivity index is 0.000000320. The van der Waals surface area contributed by atoms with Gasteiger partial charge in [-0.3, -0.25) is 0 Å². The molecule has 0 radical (unpaired) electrons. The summed E-state index contributed by atoms with van der Waals surface area (Å²) in [6.45, 7) is 15.0. The Labute approximate surface area is 315 Å². The Morgan fingerprint density at radius 1 is 0.404 bits per heavy atom. The first-order chi connectivity index (χ1) is 21.6. The zero-order chi connectivity index (χ0) is 34.1. The van der Waals surface area contributed by atoms with E-state index in [1.54, 1.807) is 97.1 Å². The normalized spacial score (nSPS) is 11.6. The van der Waals surface area contributed by atoms with Gasteiger partial charge in [0.05, 0.1) is 24.4 Å². The summed E-state index contributed by atoms with van der Waals surface area (Å²) in [5, 5.41) is 0.928. The fraction of sp³-hybridized carbons (Fsp3) is 0.333. The molecule has 0 amide bonds. The van der Waals surface area contributed by atoms with E-state index in [4.69, 9.17) is 18.9 Å². The summed E-state index contributed by atoms with van der Waals surface area (Å²) in [7, 11) is -8.71. The Kier molecular flexibility index (Phi) is 16.1. The van der Waals surface area contributed by atoms with Gasteiger partial charge in [0.15, 0.2) is 23.0 Å². The van der Waals surface area contributed by atoms with Crippen molar-refractivity contribution in [1.82, 2.24) is 0 Å². The van der Waals surface area contributed by atoms with E-state index in [0.29, 0.717) is 11.5 Å². The van der Waals surface area contributed by atoms with E-state index in [2.05, 4.69) is 0 Å². The molecule has 0 saturated heterocycles. The van der Waals surface area contributed by atoms with Gasteiger partial charge in [0.1, 0.15) is 0 Å². The zero-order valence-corrected chi connectivity index (χ0v) is 33.5. The van der Waals surface area contributed by atoms with Gasteiger partial charge in [0.2, 0.25) is 0 Å². The molecule has 0 aliphatic rings. The first kappa shape index (κ1) is 40.9. The third-order valence-electron chi connectivity index (χ3n) is 6.41. The predicted octanol–water partition coefficient (Wildman–Crippen LogP) is 1.08. The number of benzene rings is 4. The third-order valence-corrected chi connectivity index (χ3v) is 10.8. The topological polar surface area (TPSA) is 129 Å². The molecule has 0 spiro atoms. The van der Waals surface area contributed by atoms with Crippen LogP contribution in [0.15, 0.2) is 97.1 Å². The maximum atomic E-state index is 13.0. The van der Waals surface area contributed by atoms with Crippen LogP contribution in [-0.4, -0.2) is 41.5 Å². The molecule has 0 heterocycles. The maximum Gasteiger partial charge on any atom is 4.00 e. The molecule has 4 aromatic rings. The van der Waals surface area contributed by atoms with Crippen LogP contribution in [0.1, 0.15) is 55.4 Å². The SMILES string of the molecule is CC(C)Oc1cccc([Si]([O-])([O-])c2ccccc2)c1OC(C)C.CC(C)Oc1cccc([Si]([O-])([O-])c2ccccc2)c1OC(C)C.[Ce+4]. The fourth-order valence-electron chi connectivity index (χ4n) is 4.58. The van der Waals surface area contributed by atoms with Crippen molar-refractivity contribution in [3.63, 3.8) is 0 Å². The Morgan fingerprint density at radius 2 is 0.702 bits per heavy atom. The van der Waals surface area contributed by atoms with Crippen LogP contribution < -0.4 is 58.9 Å². The monoisotopic (exact) mass is 800 g/mol. The smallest absolute Gasteiger partial charge is 0.863 e. The van der Waals surface area contributed by atoms with Crippen molar-refractivity contribution in [3.05, 3.63) is 97.1 Å². The first-order valence-corrected chi connectivity index (χ1v) is 19.1. The molecule has 0 aliphatic heterocycles. The van der Waals surface area contributed by atoms with Crippen LogP contribution in [0.5, 0.6) is 23.0 Å². The van der Waals surface area contributed by atoms with Crippen molar-refractivity contribution in [3.8, 4) is 23.0 Å². The van der Waals surface area contributed by atoms with E-state index in [9.17, 15) is 19.2 Å². The summed E-state index contributed by atoms with van der Waals surface area (Å²) in [6, 6.07) is 26.8. The second kappa shape index (κ2) is 18.5. The molecule has 0 unspecified atom stereocenters. The quantitative estimate of drug-likeness (QED) is 0.195. The minimum absolute atomic E-state index is 0. The van der Waals surface area contributed by atoms with Gasteiger partial charge in [-0.25, -0.2) is 0 Å². The molecule has 11 heteroatoms. The average molecular weight is 801 g/mol. The van der Waals surface area contributed by atoms with Crippen molar-refractivity contribution < 1.29 is 79.9 Å². The van der Waals surface area contributed by atoms with Gasteiger partial charge in [0, 0.05) is 0 Å². The van der Waals surface area contributed by atoms with Crippen LogP contribution in [0.4, 0.5) is 0 Å². The van der Waals surface area contributed by atoms with Gasteiger partial charge in [-0.05, 0) is 77.9 Å². The van der Waals surface area contributed by atoms with Gasteiger partial charge < -0.3 is 38.1 Å². The minimum Gasteiger partial charge on any atom is -0.863 e.